The van der Waals surface area contributed by atoms with Gasteiger partial charge in [-0.25, -0.2) is 0 Å². The number of terminal acetylenes is 1. The van der Waals surface area contributed by atoms with E-state index in [4.69, 9.17) is 11.2 Å². The van der Waals surface area contributed by atoms with Gasteiger partial charge in [-0.15, -0.1) is 12.3 Å². The molecule has 1 unspecified atom stereocenters. The van der Waals surface area contributed by atoms with Crippen LogP contribution in [0.5, 0.6) is 5.75 Å². The molecule has 0 spiro atoms. The zero-order chi connectivity index (χ0) is 16.1. The Morgan fingerprint density at radius 2 is 2.22 bits per heavy atom. The van der Waals surface area contributed by atoms with Gasteiger partial charge < -0.3 is 10.1 Å². The Morgan fingerprint density at radius 3 is 3.00 bits per heavy atom. The van der Waals surface area contributed by atoms with Crippen molar-refractivity contribution >= 4 is 5.91 Å². The molecule has 2 heterocycles. The summed E-state index contributed by atoms with van der Waals surface area (Å²) < 4.78 is 5.73. The van der Waals surface area contributed by atoms with E-state index in [-0.39, 0.29) is 11.9 Å². The zero-order valence-electron chi connectivity index (χ0n) is 13.1. The molecular formula is C18H21N3O2. The Balaban J connectivity index is 1.55. The predicted molar refractivity (Wildman–Crippen MR) is 86.9 cm³/mol. The monoisotopic (exact) mass is 311 g/mol. The third-order valence-corrected chi connectivity index (χ3v) is 4.33. The van der Waals surface area contributed by atoms with Crippen LogP contribution >= 0.6 is 0 Å². The minimum atomic E-state index is -0.395. The number of rotatable bonds is 6. The lowest BCUT2D eigenvalue weighted by Gasteiger charge is -2.18. The molecule has 1 atom stereocenters. The van der Waals surface area contributed by atoms with Crippen molar-refractivity contribution in [3.63, 3.8) is 0 Å². The molecule has 5 heteroatoms. The molecule has 3 rings (SSSR count). The van der Waals surface area contributed by atoms with Crippen molar-refractivity contribution in [1.29, 1.82) is 0 Å². The van der Waals surface area contributed by atoms with E-state index < -0.39 is 5.66 Å². The Kier molecular flexibility index (Phi) is 4.61. The lowest BCUT2D eigenvalue weighted by Crippen LogP contribution is -2.29. The highest BCUT2D eigenvalue weighted by Crippen LogP contribution is 2.38. The van der Waals surface area contributed by atoms with Crippen molar-refractivity contribution in [2.45, 2.75) is 50.2 Å². The van der Waals surface area contributed by atoms with E-state index >= 15 is 0 Å². The van der Waals surface area contributed by atoms with E-state index in [9.17, 15) is 4.79 Å². The molecule has 1 aromatic rings. The van der Waals surface area contributed by atoms with Crippen molar-refractivity contribution in [2.24, 2.45) is 10.2 Å². The summed E-state index contributed by atoms with van der Waals surface area (Å²) in [5, 5.41) is 11.3. The number of fused-ring (bicyclic) bond motifs is 1. The molecule has 120 valence electrons. The summed E-state index contributed by atoms with van der Waals surface area (Å²) in [6.07, 6.45) is 9.51. The van der Waals surface area contributed by atoms with Crippen LogP contribution in [0.25, 0.3) is 0 Å². The molecule has 0 aliphatic carbocycles. The van der Waals surface area contributed by atoms with Gasteiger partial charge in [0.1, 0.15) is 5.75 Å². The van der Waals surface area contributed by atoms with Crippen molar-refractivity contribution in [3.05, 3.63) is 29.8 Å². The lowest BCUT2D eigenvalue weighted by molar-refractivity contribution is -0.122. The first-order chi connectivity index (χ1) is 11.2. The highest BCUT2D eigenvalue weighted by molar-refractivity contribution is 5.76. The zero-order valence-corrected chi connectivity index (χ0v) is 13.1. The standard InChI is InChI=1S/C18H21N3O2/c1-2-3-11-18(20-21-18)12-10-17(22)19-15-8-6-13-23-16-9-5-4-7-14(15)16/h1,4-5,7,9,15H,3,6,8,10-13H2,(H,19,22). The second kappa shape index (κ2) is 6.82. The maximum atomic E-state index is 12.3. The molecule has 2 aliphatic heterocycles. The van der Waals surface area contributed by atoms with Crippen LogP contribution in [0.2, 0.25) is 0 Å². The fourth-order valence-electron chi connectivity index (χ4n) is 2.92. The number of para-hydroxylation sites is 1. The normalized spacial score (nSPS) is 20.6. The molecule has 1 aromatic carbocycles. The van der Waals surface area contributed by atoms with E-state index in [1.807, 2.05) is 24.3 Å². The molecule has 23 heavy (non-hydrogen) atoms. The van der Waals surface area contributed by atoms with Crippen LogP contribution in [0.15, 0.2) is 34.5 Å². The van der Waals surface area contributed by atoms with Gasteiger partial charge in [0.15, 0.2) is 5.66 Å². The van der Waals surface area contributed by atoms with Gasteiger partial charge in [0.05, 0.1) is 12.6 Å². The Morgan fingerprint density at radius 1 is 1.39 bits per heavy atom. The highest BCUT2D eigenvalue weighted by Gasteiger charge is 2.39. The number of nitrogens with one attached hydrogen (secondary N) is 1. The van der Waals surface area contributed by atoms with Crippen LogP contribution in [-0.2, 0) is 4.79 Å². The summed E-state index contributed by atoms with van der Waals surface area (Å²) in [6.45, 7) is 0.691. The Hall–Kier alpha value is -2.35. The fraction of sp³-hybridized carbons (Fsp3) is 0.500. The molecule has 1 amide bonds. The summed E-state index contributed by atoms with van der Waals surface area (Å²) in [7, 11) is 0. The van der Waals surface area contributed by atoms with Gasteiger partial charge in [-0.3, -0.25) is 4.79 Å². The van der Waals surface area contributed by atoms with Crippen LogP contribution in [0, 0.1) is 12.3 Å². The van der Waals surface area contributed by atoms with Crippen LogP contribution in [0.4, 0.5) is 0 Å². The summed E-state index contributed by atoms with van der Waals surface area (Å²) in [4.78, 5) is 12.3. The van der Waals surface area contributed by atoms with Gasteiger partial charge in [-0.2, -0.15) is 10.2 Å². The van der Waals surface area contributed by atoms with E-state index in [0.29, 0.717) is 25.9 Å². The maximum absolute atomic E-state index is 12.3. The molecule has 0 fully saturated rings. The lowest BCUT2D eigenvalue weighted by atomic mass is 10.00. The first-order valence-corrected chi connectivity index (χ1v) is 8.11. The SMILES string of the molecule is C#CCCC1(CCC(=O)NC2CCCOc3ccccc32)N=N1. The average molecular weight is 311 g/mol. The topological polar surface area (TPSA) is 63.0 Å². The second-order valence-corrected chi connectivity index (χ2v) is 6.04. The smallest absolute Gasteiger partial charge is 0.220 e. The molecule has 0 saturated carbocycles. The quantitative estimate of drug-likeness (QED) is 0.819. The van der Waals surface area contributed by atoms with Gasteiger partial charge in [0.25, 0.3) is 0 Å². The van der Waals surface area contributed by atoms with Crippen molar-refractivity contribution in [2.75, 3.05) is 6.61 Å². The highest BCUT2D eigenvalue weighted by atomic mass is 16.5. The van der Waals surface area contributed by atoms with Crippen LogP contribution in [-0.4, -0.2) is 18.2 Å². The molecule has 0 aromatic heterocycles. The predicted octanol–water partition coefficient (Wildman–Crippen LogP) is 3.37. The third-order valence-electron chi connectivity index (χ3n) is 4.33. The number of carbonyl (C=O) groups is 1. The van der Waals surface area contributed by atoms with Crippen molar-refractivity contribution in [3.8, 4) is 18.1 Å². The number of ether oxygens (including phenoxy) is 1. The summed E-state index contributed by atoms with van der Waals surface area (Å²) in [6, 6.07) is 7.91. The Labute approximate surface area is 136 Å². The van der Waals surface area contributed by atoms with Gasteiger partial charge in [0.2, 0.25) is 5.91 Å². The maximum Gasteiger partial charge on any atom is 0.220 e. The summed E-state index contributed by atoms with van der Waals surface area (Å²) >= 11 is 0. The van der Waals surface area contributed by atoms with E-state index in [2.05, 4.69) is 21.5 Å². The summed E-state index contributed by atoms with van der Waals surface area (Å²) in [5.74, 6) is 3.50. The molecule has 5 nitrogen and oxygen atoms in total. The Bertz CT molecular complexity index is 642. The molecular weight excluding hydrogens is 290 g/mol. The van der Waals surface area contributed by atoms with Crippen LogP contribution in [0.1, 0.15) is 50.1 Å². The summed E-state index contributed by atoms with van der Waals surface area (Å²) in [5.41, 5.74) is 0.662. The number of carbonyl (C=O) groups excluding carboxylic acids is 1. The average Bonchev–Trinajstić information content (AvgIpc) is 3.36. The van der Waals surface area contributed by atoms with Crippen LogP contribution < -0.4 is 10.1 Å². The molecule has 0 radical (unpaired) electrons. The van der Waals surface area contributed by atoms with E-state index in [0.717, 1.165) is 30.6 Å². The van der Waals surface area contributed by atoms with Crippen molar-refractivity contribution in [1.82, 2.24) is 5.32 Å². The van der Waals surface area contributed by atoms with Gasteiger partial charge in [-0.05, 0) is 18.9 Å². The first kappa shape index (κ1) is 15.5. The minimum Gasteiger partial charge on any atom is -0.493 e. The number of benzene rings is 1. The fourth-order valence-corrected chi connectivity index (χ4v) is 2.92. The third kappa shape index (κ3) is 3.89. The largest absolute Gasteiger partial charge is 0.493 e. The van der Waals surface area contributed by atoms with Crippen molar-refractivity contribution < 1.29 is 9.53 Å². The van der Waals surface area contributed by atoms with Gasteiger partial charge in [0, 0.05) is 31.2 Å². The second-order valence-electron chi connectivity index (χ2n) is 6.04. The molecule has 0 bridgehead atoms. The van der Waals surface area contributed by atoms with E-state index in [1.54, 1.807) is 0 Å². The number of hydrogen-bond acceptors (Lipinski definition) is 4. The molecule has 0 saturated heterocycles. The molecule has 1 N–H and O–H groups in total. The number of hydrogen-bond donors (Lipinski definition) is 1. The molecule has 2 aliphatic rings. The number of nitrogens with zero attached hydrogens (tertiary/aromatic N) is 2. The first-order valence-electron chi connectivity index (χ1n) is 8.11. The number of amides is 1. The van der Waals surface area contributed by atoms with E-state index in [1.165, 1.54) is 0 Å². The minimum absolute atomic E-state index is 0.0101. The van der Waals surface area contributed by atoms with Gasteiger partial charge in [-0.1, -0.05) is 18.2 Å². The van der Waals surface area contributed by atoms with Gasteiger partial charge >= 0.3 is 0 Å². The van der Waals surface area contributed by atoms with Crippen LogP contribution in [0.3, 0.4) is 0 Å².